The van der Waals surface area contributed by atoms with Crippen molar-refractivity contribution in [2.24, 2.45) is 5.92 Å². The van der Waals surface area contributed by atoms with Crippen molar-refractivity contribution in [1.82, 2.24) is 14.7 Å². The van der Waals surface area contributed by atoms with Gasteiger partial charge in [0, 0.05) is 49.9 Å². The van der Waals surface area contributed by atoms with Gasteiger partial charge >= 0.3 is 0 Å². The molecule has 0 spiro atoms. The maximum atomic E-state index is 6.45. The molecule has 2 saturated heterocycles. The van der Waals surface area contributed by atoms with Gasteiger partial charge in [-0.05, 0) is 57.5 Å². The molecule has 1 unspecified atom stereocenters. The zero-order chi connectivity index (χ0) is 18.1. The lowest BCUT2D eigenvalue weighted by Gasteiger charge is -2.42. The fraction of sp³-hybridized carbons (Fsp3) is 0.700. The molecule has 2 fully saturated rings. The maximum absolute atomic E-state index is 6.45. The SMILES string of the molecule is CC(C1CCN(Cc2cc3c(cc2Cl)OCO3)CC1)N1CCN(C)CC1. The molecule has 144 valence electrons. The molecule has 1 aromatic rings. The number of likely N-dealkylation sites (tertiary alicyclic amines) is 1. The Kier molecular flexibility index (Phi) is 5.60. The second-order valence-electron chi connectivity index (χ2n) is 7.99. The van der Waals surface area contributed by atoms with Gasteiger partial charge in [0.05, 0.1) is 0 Å². The van der Waals surface area contributed by atoms with Crippen LogP contribution in [0.25, 0.3) is 0 Å². The van der Waals surface area contributed by atoms with Crippen molar-refractivity contribution in [3.63, 3.8) is 0 Å². The molecule has 3 heterocycles. The van der Waals surface area contributed by atoms with Gasteiger partial charge < -0.3 is 14.4 Å². The van der Waals surface area contributed by atoms with Crippen LogP contribution in [0.4, 0.5) is 0 Å². The van der Waals surface area contributed by atoms with E-state index in [-0.39, 0.29) is 0 Å². The number of halogens is 1. The number of ether oxygens (including phenoxy) is 2. The number of piperidine rings is 1. The number of hydrogen-bond acceptors (Lipinski definition) is 5. The third-order valence-corrected chi connectivity index (χ3v) is 6.72. The molecule has 5 nitrogen and oxygen atoms in total. The number of hydrogen-bond donors (Lipinski definition) is 0. The molecule has 26 heavy (non-hydrogen) atoms. The molecule has 1 atom stereocenters. The van der Waals surface area contributed by atoms with Gasteiger partial charge in [0.15, 0.2) is 11.5 Å². The number of rotatable bonds is 4. The highest BCUT2D eigenvalue weighted by atomic mass is 35.5. The molecule has 4 rings (SSSR count). The minimum absolute atomic E-state index is 0.296. The Morgan fingerprint density at radius 2 is 1.69 bits per heavy atom. The molecule has 3 aliphatic heterocycles. The van der Waals surface area contributed by atoms with E-state index in [4.69, 9.17) is 21.1 Å². The predicted octanol–water partition coefficient (Wildman–Crippen LogP) is 2.92. The fourth-order valence-corrected chi connectivity index (χ4v) is 4.66. The topological polar surface area (TPSA) is 28.2 Å². The Labute approximate surface area is 161 Å². The van der Waals surface area contributed by atoms with Crippen molar-refractivity contribution in [1.29, 1.82) is 0 Å². The van der Waals surface area contributed by atoms with Crippen LogP contribution >= 0.6 is 11.6 Å². The summed E-state index contributed by atoms with van der Waals surface area (Å²) in [6.07, 6.45) is 2.55. The van der Waals surface area contributed by atoms with Gasteiger partial charge in [-0.2, -0.15) is 0 Å². The first kappa shape index (κ1) is 18.4. The van der Waals surface area contributed by atoms with Crippen LogP contribution in [0, 0.1) is 5.92 Å². The van der Waals surface area contributed by atoms with Crippen LogP contribution in [0.5, 0.6) is 11.5 Å². The number of nitrogens with zero attached hydrogens (tertiary/aromatic N) is 3. The summed E-state index contributed by atoms with van der Waals surface area (Å²) < 4.78 is 10.9. The third kappa shape index (κ3) is 3.96. The second-order valence-corrected chi connectivity index (χ2v) is 8.40. The molecule has 3 aliphatic rings. The van der Waals surface area contributed by atoms with Crippen LogP contribution in [0.1, 0.15) is 25.3 Å². The van der Waals surface area contributed by atoms with E-state index in [0.29, 0.717) is 12.8 Å². The molecule has 0 amide bonds. The van der Waals surface area contributed by atoms with Crippen LogP contribution in [-0.4, -0.2) is 73.9 Å². The summed E-state index contributed by atoms with van der Waals surface area (Å²) in [6.45, 7) is 10.7. The summed E-state index contributed by atoms with van der Waals surface area (Å²) in [4.78, 5) is 7.65. The van der Waals surface area contributed by atoms with E-state index in [0.717, 1.165) is 47.6 Å². The van der Waals surface area contributed by atoms with Crippen LogP contribution < -0.4 is 9.47 Å². The number of fused-ring (bicyclic) bond motifs is 1. The quantitative estimate of drug-likeness (QED) is 0.802. The van der Waals surface area contributed by atoms with Gasteiger partial charge in [-0.3, -0.25) is 9.80 Å². The van der Waals surface area contributed by atoms with Gasteiger partial charge in [0.1, 0.15) is 0 Å². The molecule has 0 radical (unpaired) electrons. The Morgan fingerprint density at radius 3 is 2.38 bits per heavy atom. The van der Waals surface area contributed by atoms with E-state index in [1.54, 1.807) is 0 Å². The first-order valence-corrected chi connectivity index (χ1v) is 10.2. The summed E-state index contributed by atoms with van der Waals surface area (Å²) in [5.74, 6) is 2.39. The minimum atomic E-state index is 0.296. The van der Waals surface area contributed by atoms with Crippen molar-refractivity contribution < 1.29 is 9.47 Å². The summed E-state index contributed by atoms with van der Waals surface area (Å²) in [5, 5.41) is 0.780. The van der Waals surface area contributed by atoms with Crippen LogP contribution in [0.2, 0.25) is 5.02 Å². The van der Waals surface area contributed by atoms with Crippen molar-refractivity contribution in [2.45, 2.75) is 32.4 Å². The number of benzene rings is 1. The highest BCUT2D eigenvalue weighted by Crippen LogP contribution is 2.37. The van der Waals surface area contributed by atoms with Crippen LogP contribution in [0.3, 0.4) is 0 Å². The summed E-state index contributed by atoms with van der Waals surface area (Å²) >= 11 is 6.45. The molecule has 0 N–H and O–H groups in total. The van der Waals surface area contributed by atoms with Gasteiger partial charge in [-0.15, -0.1) is 0 Å². The fourth-order valence-electron chi connectivity index (χ4n) is 4.44. The maximum Gasteiger partial charge on any atom is 0.231 e. The van der Waals surface area contributed by atoms with Crippen LogP contribution in [0.15, 0.2) is 12.1 Å². The van der Waals surface area contributed by atoms with E-state index >= 15 is 0 Å². The van der Waals surface area contributed by atoms with E-state index in [2.05, 4.69) is 28.7 Å². The lowest BCUT2D eigenvalue weighted by molar-refractivity contribution is 0.0598. The third-order valence-electron chi connectivity index (χ3n) is 6.36. The van der Waals surface area contributed by atoms with Gasteiger partial charge in [0.25, 0.3) is 0 Å². The molecule has 0 saturated carbocycles. The smallest absolute Gasteiger partial charge is 0.231 e. The Bertz CT molecular complexity index is 626. The zero-order valence-electron chi connectivity index (χ0n) is 15.9. The molecule has 6 heteroatoms. The Hall–Kier alpha value is -1.01. The van der Waals surface area contributed by atoms with Crippen molar-refractivity contribution in [2.75, 3.05) is 53.1 Å². The van der Waals surface area contributed by atoms with E-state index in [1.165, 1.54) is 39.0 Å². The lowest BCUT2D eigenvalue weighted by atomic mass is 9.89. The summed E-state index contributed by atoms with van der Waals surface area (Å²) in [7, 11) is 2.22. The number of piperazine rings is 1. The van der Waals surface area contributed by atoms with Crippen molar-refractivity contribution in [3.8, 4) is 11.5 Å². The molecule has 1 aromatic carbocycles. The normalized spacial score (nSPS) is 24.1. The van der Waals surface area contributed by atoms with Crippen LogP contribution in [-0.2, 0) is 6.54 Å². The molecule has 0 aromatic heterocycles. The average Bonchev–Trinajstić information content (AvgIpc) is 3.10. The highest BCUT2D eigenvalue weighted by molar-refractivity contribution is 6.31. The summed E-state index contributed by atoms with van der Waals surface area (Å²) in [5.41, 5.74) is 1.14. The van der Waals surface area contributed by atoms with Gasteiger partial charge in [-0.25, -0.2) is 0 Å². The summed E-state index contributed by atoms with van der Waals surface area (Å²) in [6, 6.07) is 4.63. The molecular formula is C20H30ClN3O2. The van der Waals surface area contributed by atoms with E-state index < -0.39 is 0 Å². The number of likely N-dealkylation sites (N-methyl/N-ethyl adjacent to an activating group) is 1. The standard InChI is InChI=1S/C20H30ClN3O2/c1-15(24-9-7-22(2)8-10-24)16-3-5-23(6-4-16)13-17-11-19-20(12-18(17)21)26-14-25-19/h11-12,15-16H,3-10,13-14H2,1-2H3. The monoisotopic (exact) mass is 379 g/mol. The molecule has 0 bridgehead atoms. The molecule has 0 aliphatic carbocycles. The minimum Gasteiger partial charge on any atom is -0.454 e. The first-order valence-electron chi connectivity index (χ1n) is 9.83. The second kappa shape index (κ2) is 7.93. The van der Waals surface area contributed by atoms with Crippen molar-refractivity contribution in [3.05, 3.63) is 22.7 Å². The van der Waals surface area contributed by atoms with E-state index in [9.17, 15) is 0 Å². The lowest BCUT2D eigenvalue weighted by Crippen LogP contribution is -2.51. The van der Waals surface area contributed by atoms with Crippen molar-refractivity contribution >= 4 is 11.6 Å². The predicted molar refractivity (Wildman–Crippen MR) is 104 cm³/mol. The largest absolute Gasteiger partial charge is 0.454 e. The zero-order valence-corrected chi connectivity index (χ0v) is 16.7. The Balaban J connectivity index is 1.30. The average molecular weight is 380 g/mol. The first-order chi connectivity index (χ1) is 12.6. The van der Waals surface area contributed by atoms with Gasteiger partial charge in [-0.1, -0.05) is 11.6 Å². The molecular weight excluding hydrogens is 350 g/mol. The van der Waals surface area contributed by atoms with Gasteiger partial charge in [0.2, 0.25) is 6.79 Å². The Morgan fingerprint density at radius 1 is 1.04 bits per heavy atom. The highest BCUT2D eigenvalue weighted by Gasteiger charge is 2.29. The van der Waals surface area contributed by atoms with E-state index in [1.807, 2.05) is 12.1 Å².